The van der Waals surface area contributed by atoms with Gasteiger partial charge in [-0.05, 0) is 0 Å². The standard InChI is InChI=1S/3CHBNO2.3Na/c3*3-1-2(4)5;;;/h3*4H;;;/q3*-1;3*+1. The van der Waals surface area contributed by atoms with Crippen molar-refractivity contribution in [3.8, 4) is 17.9 Å². The molecule has 0 amide bonds. The van der Waals surface area contributed by atoms with Gasteiger partial charge in [-0.25, -0.2) is 15.8 Å². The third-order valence-electron chi connectivity index (χ3n) is 0.331. The van der Waals surface area contributed by atoms with Crippen molar-refractivity contribution < 1.29 is 119 Å². The zero-order chi connectivity index (χ0) is 12.9. The van der Waals surface area contributed by atoms with E-state index in [9.17, 15) is 0 Å². The summed E-state index contributed by atoms with van der Waals surface area (Å²) in [6.45, 7) is 0. The quantitative estimate of drug-likeness (QED) is 0.359. The minimum Gasteiger partial charge on any atom is -0.844 e. The van der Waals surface area contributed by atoms with Gasteiger partial charge in [0.1, 0.15) is 0 Å². The molecule has 0 aliphatic carbocycles. The largest absolute Gasteiger partial charge is 1.00 e. The topological polar surface area (TPSA) is 201 Å². The molecule has 0 atom stereocenters. The van der Waals surface area contributed by atoms with Crippen LogP contribution in [0.15, 0.2) is 0 Å². The van der Waals surface area contributed by atoms with Crippen molar-refractivity contribution in [2.75, 3.05) is 0 Å². The number of hydrogen-bond acceptors (Lipinski definition) is 9. The van der Waals surface area contributed by atoms with Gasteiger partial charge in [-0.3, -0.25) is 0 Å². The molecule has 0 heterocycles. The molecule has 0 aromatic heterocycles. The van der Waals surface area contributed by atoms with E-state index in [0.717, 1.165) is 17.9 Å². The van der Waals surface area contributed by atoms with E-state index in [4.69, 9.17) is 45.9 Å². The average molecular weight is 278 g/mol. The Kier molecular flexibility index (Phi) is 63.1. The molecule has 0 spiro atoms. The molecule has 0 aliphatic rings. The van der Waals surface area contributed by atoms with Crippen LogP contribution in [-0.2, 0) is 0 Å². The van der Waals surface area contributed by atoms with Gasteiger partial charge >= 0.3 is 110 Å². The summed E-state index contributed by atoms with van der Waals surface area (Å²) in [5, 5.41) is 71.6. The summed E-state index contributed by atoms with van der Waals surface area (Å²) in [5.74, 6) is 3.08. The zero-order valence-electron chi connectivity index (χ0n) is 10.1. The van der Waals surface area contributed by atoms with E-state index in [0.29, 0.717) is 0 Å². The Labute approximate surface area is 171 Å². The monoisotopic (exact) mass is 279 g/mol. The van der Waals surface area contributed by atoms with Gasteiger partial charge in [0, 0.05) is 17.9 Å². The van der Waals surface area contributed by atoms with Crippen molar-refractivity contribution in [2.45, 2.75) is 0 Å². The number of rotatable bonds is 0. The first-order chi connectivity index (χ1) is 6.81. The van der Waals surface area contributed by atoms with E-state index in [1.165, 1.54) is 0 Å². The van der Waals surface area contributed by atoms with Crippen molar-refractivity contribution in [1.29, 1.82) is 15.8 Å². The number of nitriles is 3. The van der Waals surface area contributed by atoms with Crippen LogP contribution in [0.2, 0.25) is 0 Å². The molecule has 3 N–H and O–H groups in total. The minimum atomic E-state index is -2.06. The molecule has 0 aromatic rings. The molecule has 0 radical (unpaired) electrons. The van der Waals surface area contributed by atoms with Crippen LogP contribution < -0.4 is 104 Å². The van der Waals surface area contributed by atoms with Crippen LogP contribution in [0.25, 0.3) is 0 Å². The van der Waals surface area contributed by atoms with Crippen LogP contribution >= 0.6 is 0 Å². The van der Waals surface area contributed by atoms with Crippen molar-refractivity contribution in [3.63, 3.8) is 0 Å². The molecule has 78 valence electrons. The maximum atomic E-state index is 9.09. The Morgan fingerprint density at radius 1 is 0.611 bits per heavy atom. The molecule has 0 aliphatic heterocycles. The zero-order valence-corrected chi connectivity index (χ0v) is 16.1. The van der Waals surface area contributed by atoms with Gasteiger partial charge in [0.05, 0.1) is 0 Å². The fourth-order valence-corrected chi connectivity index (χ4v) is 0. The predicted molar refractivity (Wildman–Crippen MR) is 40.8 cm³/mol. The van der Waals surface area contributed by atoms with E-state index in [1.54, 1.807) is 0 Å². The third-order valence-corrected chi connectivity index (χ3v) is 0.331. The van der Waals surface area contributed by atoms with Crippen molar-refractivity contribution >= 4 is 21.4 Å². The Morgan fingerprint density at radius 3 is 0.667 bits per heavy atom. The first-order valence-electron chi connectivity index (χ1n) is 3.02. The summed E-state index contributed by atoms with van der Waals surface area (Å²) in [4.78, 5) is 0. The van der Waals surface area contributed by atoms with E-state index in [-0.39, 0.29) is 88.7 Å². The fourth-order valence-electron chi connectivity index (χ4n) is 0. The van der Waals surface area contributed by atoms with Crippen LogP contribution in [0.3, 0.4) is 0 Å². The van der Waals surface area contributed by atoms with Gasteiger partial charge in [-0.15, -0.1) is 0 Å². The van der Waals surface area contributed by atoms with E-state index < -0.39 is 21.4 Å². The molecule has 0 saturated heterocycles. The molecular formula is C3H3B3N3Na3O6. The molecule has 9 nitrogen and oxygen atoms in total. The molecular weight excluding hydrogens is 275 g/mol. The first-order valence-corrected chi connectivity index (χ1v) is 3.02. The van der Waals surface area contributed by atoms with E-state index in [1.807, 2.05) is 0 Å². The fraction of sp³-hybridized carbons (Fsp3) is 0. The summed E-state index contributed by atoms with van der Waals surface area (Å²) in [6.07, 6.45) is 0. The number of hydrogen-bond donors (Lipinski definition) is 3. The Morgan fingerprint density at radius 2 is 0.667 bits per heavy atom. The maximum Gasteiger partial charge on any atom is 1.00 e. The predicted octanol–water partition coefficient (Wildman–Crippen LogP) is -15.3. The Bertz CT molecular complexity index is 220. The normalized spacial score (nSPS) is 4.83. The molecule has 0 unspecified atom stereocenters. The second-order valence-electron chi connectivity index (χ2n) is 1.44. The van der Waals surface area contributed by atoms with Crippen LogP contribution in [0.4, 0.5) is 0 Å². The van der Waals surface area contributed by atoms with Gasteiger partial charge in [0.15, 0.2) is 0 Å². The van der Waals surface area contributed by atoms with Gasteiger partial charge in [-0.2, -0.15) is 0 Å². The van der Waals surface area contributed by atoms with Crippen molar-refractivity contribution in [1.82, 2.24) is 0 Å². The summed E-state index contributed by atoms with van der Waals surface area (Å²) in [6, 6.07) is 0. The molecule has 18 heavy (non-hydrogen) atoms. The molecule has 0 aromatic carbocycles. The van der Waals surface area contributed by atoms with Crippen molar-refractivity contribution in [2.24, 2.45) is 0 Å². The molecule has 0 bridgehead atoms. The average Bonchev–Trinajstić information content (AvgIpc) is 2.19. The Hall–Kier alpha value is 1.42. The van der Waals surface area contributed by atoms with Gasteiger partial charge in [-0.1, -0.05) is 0 Å². The SMILES string of the molecule is N#CB([O-])O.N#CB([O-])O.N#CB([O-])O.[Na+].[Na+].[Na+]. The van der Waals surface area contributed by atoms with Gasteiger partial charge in [0.2, 0.25) is 0 Å². The van der Waals surface area contributed by atoms with E-state index >= 15 is 0 Å². The summed E-state index contributed by atoms with van der Waals surface area (Å²) >= 11 is 0. The summed E-state index contributed by atoms with van der Waals surface area (Å²) in [7, 11) is -6.18. The van der Waals surface area contributed by atoms with Crippen LogP contribution in [0.1, 0.15) is 0 Å². The minimum absolute atomic E-state index is 0. The second kappa shape index (κ2) is 31.0. The molecule has 0 fully saturated rings. The summed E-state index contributed by atoms with van der Waals surface area (Å²) in [5.41, 5.74) is 0. The maximum absolute atomic E-state index is 9.09. The van der Waals surface area contributed by atoms with Crippen LogP contribution in [0.5, 0.6) is 0 Å². The van der Waals surface area contributed by atoms with Crippen LogP contribution in [-0.4, -0.2) is 36.4 Å². The molecule has 0 saturated carbocycles. The molecule has 15 heteroatoms. The Balaban J connectivity index is -0.0000000277. The van der Waals surface area contributed by atoms with Crippen LogP contribution in [0, 0.1) is 33.7 Å². The molecule has 0 rings (SSSR count). The van der Waals surface area contributed by atoms with E-state index in [2.05, 4.69) is 0 Å². The third kappa shape index (κ3) is 85.3. The first kappa shape index (κ1) is 36.6. The smallest absolute Gasteiger partial charge is 0.844 e. The van der Waals surface area contributed by atoms with Gasteiger partial charge in [0.25, 0.3) is 0 Å². The van der Waals surface area contributed by atoms with Crippen molar-refractivity contribution in [3.05, 3.63) is 0 Å². The number of nitrogens with zero attached hydrogens (tertiary/aromatic N) is 3. The van der Waals surface area contributed by atoms with Gasteiger partial charge < -0.3 is 30.1 Å². The second-order valence-corrected chi connectivity index (χ2v) is 1.44. The summed E-state index contributed by atoms with van der Waals surface area (Å²) < 4.78 is 0.